The van der Waals surface area contributed by atoms with Gasteiger partial charge in [0.25, 0.3) is 0 Å². The van der Waals surface area contributed by atoms with Gasteiger partial charge in [-0.15, -0.1) is 0 Å². The van der Waals surface area contributed by atoms with Crippen LogP contribution in [0.5, 0.6) is 11.5 Å². The molecular weight excluding hydrogens is 350 g/mol. The first kappa shape index (κ1) is 17.3. The molecule has 1 aromatic carbocycles. The van der Waals surface area contributed by atoms with Gasteiger partial charge in [-0.2, -0.15) is 0 Å². The lowest BCUT2D eigenvalue weighted by Gasteiger charge is -2.63. The molecule has 2 aliphatic heterocycles. The fourth-order valence-electron chi connectivity index (χ4n) is 7.39. The molecule has 0 amide bonds. The molecule has 150 valence electrons. The predicted octanol–water partition coefficient (Wildman–Crippen LogP) is 3.68. The van der Waals surface area contributed by atoms with E-state index in [9.17, 15) is 9.90 Å². The molecule has 0 aromatic heterocycles. The molecule has 2 bridgehead atoms. The van der Waals surface area contributed by atoms with Gasteiger partial charge in [0.2, 0.25) is 0 Å². The Hall–Kier alpha value is -1.55. The number of likely N-dealkylation sites (tertiary alicyclic amines) is 1. The summed E-state index contributed by atoms with van der Waals surface area (Å²) in [6.07, 6.45) is 5.70. The van der Waals surface area contributed by atoms with Crippen LogP contribution in [0.2, 0.25) is 0 Å². The van der Waals surface area contributed by atoms with Crippen LogP contribution >= 0.6 is 0 Å². The number of benzene rings is 1. The van der Waals surface area contributed by atoms with Crippen molar-refractivity contribution in [2.24, 2.45) is 23.2 Å². The van der Waals surface area contributed by atoms with Crippen molar-refractivity contribution >= 4 is 5.78 Å². The molecule has 2 saturated carbocycles. The summed E-state index contributed by atoms with van der Waals surface area (Å²) >= 11 is 0. The smallest absolute Gasteiger partial charge is 0.180 e. The third-order valence-electron chi connectivity index (χ3n) is 9.38. The van der Waals surface area contributed by atoms with E-state index in [4.69, 9.17) is 4.74 Å². The topological polar surface area (TPSA) is 49.8 Å². The van der Waals surface area contributed by atoms with E-state index >= 15 is 0 Å². The van der Waals surface area contributed by atoms with Gasteiger partial charge in [-0.3, -0.25) is 9.69 Å². The number of carbonyl (C=O) groups excluding carboxylic acids is 1. The van der Waals surface area contributed by atoms with Crippen LogP contribution in [0.25, 0.3) is 0 Å². The number of hydrogen-bond acceptors (Lipinski definition) is 4. The number of ether oxygens (including phenoxy) is 1. The highest BCUT2D eigenvalue weighted by atomic mass is 16.5. The number of phenols is 1. The van der Waals surface area contributed by atoms with Crippen LogP contribution in [0.3, 0.4) is 0 Å². The highest BCUT2D eigenvalue weighted by Gasteiger charge is 2.71. The molecule has 5 atom stereocenters. The van der Waals surface area contributed by atoms with Crippen LogP contribution in [0.4, 0.5) is 0 Å². The number of piperidine rings is 1. The number of hydrogen-bond donors (Lipinski definition) is 1. The molecule has 1 N–H and O–H groups in total. The predicted molar refractivity (Wildman–Crippen MR) is 107 cm³/mol. The number of Topliss-reactive ketones (excluding diaryl/α,β-unsaturated/α-hetero) is 1. The van der Waals surface area contributed by atoms with Crippen molar-refractivity contribution in [2.75, 3.05) is 13.1 Å². The molecule has 3 aliphatic carbocycles. The van der Waals surface area contributed by atoms with Crippen LogP contribution in [-0.2, 0) is 16.6 Å². The number of rotatable bonds is 2. The normalized spacial score (nSPS) is 40.6. The van der Waals surface area contributed by atoms with Crippen molar-refractivity contribution in [3.05, 3.63) is 23.3 Å². The monoisotopic (exact) mass is 381 g/mol. The molecule has 0 unspecified atom stereocenters. The van der Waals surface area contributed by atoms with Gasteiger partial charge in [0, 0.05) is 29.0 Å². The summed E-state index contributed by atoms with van der Waals surface area (Å²) in [4.78, 5) is 16.3. The second-order valence-electron chi connectivity index (χ2n) is 10.7. The molecular formula is C24H31NO3. The maximum atomic E-state index is 13.6. The molecule has 5 aliphatic rings. The lowest BCUT2D eigenvalue weighted by Crippen LogP contribution is -2.72. The highest BCUT2D eigenvalue weighted by molar-refractivity contribution is 5.93. The summed E-state index contributed by atoms with van der Waals surface area (Å²) in [5.41, 5.74) is 1.84. The molecule has 0 radical (unpaired) electrons. The fourth-order valence-corrected chi connectivity index (χ4v) is 7.39. The molecule has 2 heterocycles. The minimum atomic E-state index is -0.431. The maximum Gasteiger partial charge on any atom is 0.180 e. The maximum absolute atomic E-state index is 13.6. The molecule has 1 aromatic rings. The van der Waals surface area contributed by atoms with E-state index in [1.807, 2.05) is 0 Å². The van der Waals surface area contributed by atoms with Crippen molar-refractivity contribution in [3.8, 4) is 11.5 Å². The lowest BCUT2D eigenvalue weighted by atomic mass is 9.44. The highest BCUT2D eigenvalue weighted by Crippen LogP contribution is 2.66. The first-order valence-electron chi connectivity index (χ1n) is 11.2. The number of phenolic OH excluding ortho intramolecular Hbond substituents is 1. The molecule has 28 heavy (non-hydrogen) atoms. The number of nitrogens with zero attached hydrogens (tertiary/aromatic N) is 1. The van der Waals surface area contributed by atoms with Crippen LogP contribution < -0.4 is 4.74 Å². The van der Waals surface area contributed by atoms with Crippen molar-refractivity contribution in [2.45, 2.75) is 70.4 Å². The molecule has 4 nitrogen and oxygen atoms in total. The van der Waals surface area contributed by atoms with Gasteiger partial charge in [0.1, 0.15) is 0 Å². The Morgan fingerprint density at radius 2 is 2.07 bits per heavy atom. The summed E-state index contributed by atoms with van der Waals surface area (Å²) < 4.78 is 6.34. The zero-order valence-corrected chi connectivity index (χ0v) is 17.2. The number of aromatic hydroxyl groups is 1. The van der Waals surface area contributed by atoms with Gasteiger partial charge in [-0.25, -0.2) is 0 Å². The summed E-state index contributed by atoms with van der Waals surface area (Å²) in [7, 11) is 0. The first-order chi connectivity index (χ1) is 13.4. The van der Waals surface area contributed by atoms with E-state index in [1.165, 1.54) is 36.9 Å². The Balaban J connectivity index is 1.54. The Kier molecular flexibility index (Phi) is 3.29. The molecule has 1 spiro atoms. The summed E-state index contributed by atoms with van der Waals surface area (Å²) in [5.74, 6) is 2.61. The van der Waals surface area contributed by atoms with E-state index in [2.05, 4.69) is 31.7 Å². The Morgan fingerprint density at radius 3 is 2.79 bits per heavy atom. The second-order valence-corrected chi connectivity index (χ2v) is 10.7. The first-order valence-corrected chi connectivity index (χ1v) is 11.2. The van der Waals surface area contributed by atoms with Crippen molar-refractivity contribution in [3.63, 3.8) is 0 Å². The quantitative estimate of drug-likeness (QED) is 0.849. The molecule has 1 saturated heterocycles. The van der Waals surface area contributed by atoms with E-state index in [0.717, 1.165) is 25.3 Å². The summed E-state index contributed by atoms with van der Waals surface area (Å²) in [6, 6.07) is 4.34. The van der Waals surface area contributed by atoms with Crippen LogP contribution in [0.15, 0.2) is 12.1 Å². The van der Waals surface area contributed by atoms with Crippen molar-refractivity contribution in [1.82, 2.24) is 4.90 Å². The van der Waals surface area contributed by atoms with Crippen molar-refractivity contribution in [1.29, 1.82) is 0 Å². The van der Waals surface area contributed by atoms with Gasteiger partial charge in [0.15, 0.2) is 23.4 Å². The second kappa shape index (κ2) is 5.33. The average Bonchev–Trinajstić information content (AvgIpc) is 2.97. The van der Waals surface area contributed by atoms with E-state index in [-0.39, 0.29) is 16.9 Å². The minimum Gasteiger partial charge on any atom is -0.504 e. The number of ketones is 1. The van der Waals surface area contributed by atoms with Crippen molar-refractivity contribution < 1.29 is 14.6 Å². The number of carbonyl (C=O) groups is 1. The fraction of sp³-hybridized carbons (Fsp3) is 0.708. The zero-order chi connectivity index (χ0) is 19.4. The summed E-state index contributed by atoms with van der Waals surface area (Å²) in [6.45, 7) is 8.78. The largest absolute Gasteiger partial charge is 0.504 e. The Labute approximate surface area is 167 Å². The summed E-state index contributed by atoms with van der Waals surface area (Å²) in [5, 5.41) is 10.6. The van der Waals surface area contributed by atoms with Crippen LogP contribution in [0.1, 0.15) is 57.6 Å². The SMILES string of the molecule is C[C@@H]1[C@H]2[C@H]3Cc4ccc(O)c5c4[C@@]2(CCN3CC2CCC2)[C@@H](O5)C(=O)C1(C)C. The van der Waals surface area contributed by atoms with Gasteiger partial charge in [0.05, 0.1) is 0 Å². The van der Waals surface area contributed by atoms with Crippen LogP contribution in [-0.4, -0.2) is 41.0 Å². The van der Waals surface area contributed by atoms with Crippen LogP contribution in [0, 0.1) is 23.2 Å². The average molecular weight is 382 g/mol. The standard InChI is InChI=1S/C24H31NO3/c1-13-18-16-11-15-7-8-17(26)20-19(15)24(18,22(28-20)21(27)23(13,2)3)9-10-25(16)12-14-5-4-6-14/h7-8,13-14,16,18,22,26H,4-6,9-12H2,1-3H3/t13-,16-,18+,22+,24+/m1/s1. The van der Waals surface area contributed by atoms with Gasteiger partial charge in [-0.1, -0.05) is 33.3 Å². The van der Waals surface area contributed by atoms with Gasteiger partial charge >= 0.3 is 0 Å². The Morgan fingerprint density at radius 1 is 1.29 bits per heavy atom. The molecule has 3 fully saturated rings. The van der Waals surface area contributed by atoms with E-state index in [0.29, 0.717) is 23.6 Å². The minimum absolute atomic E-state index is 0.204. The van der Waals surface area contributed by atoms with E-state index < -0.39 is 11.5 Å². The van der Waals surface area contributed by atoms with Gasteiger partial charge in [-0.05, 0) is 61.6 Å². The third kappa shape index (κ3) is 1.84. The molecule has 6 rings (SSSR count). The van der Waals surface area contributed by atoms with Gasteiger partial charge < -0.3 is 9.84 Å². The zero-order valence-electron chi connectivity index (χ0n) is 17.2. The lowest BCUT2D eigenvalue weighted by molar-refractivity contribution is -0.163. The Bertz CT molecular complexity index is 873. The molecule has 4 heteroatoms. The third-order valence-corrected chi connectivity index (χ3v) is 9.38. The van der Waals surface area contributed by atoms with E-state index in [1.54, 1.807) is 6.07 Å².